The molecule has 144 valence electrons. The Bertz CT molecular complexity index is 920. The molecule has 0 atom stereocenters. The zero-order valence-corrected chi connectivity index (χ0v) is 18.9. The van der Waals surface area contributed by atoms with Gasteiger partial charge < -0.3 is 4.90 Å². The fourth-order valence-corrected chi connectivity index (χ4v) is 4.19. The molecular formula is C21H20BrN3OS2. The van der Waals surface area contributed by atoms with Crippen molar-refractivity contribution < 1.29 is 4.79 Å². The quantitative estimate of drug-likeness (QED) is 0.313. The number of thiocarbonyl (C=S) groups is 1. The van der Waals surface area contributed by atoms with E-state index in [0.29, 0.717) is 9.23 Å². The molecule has 0 spiro atoms. The fraction of sp³-hybridized carbons (Fsp3) is 0.190. The highest BCUT2D eigenvalue weighted by molar-refractivity contribution is 9.10. The minimum Gasteiger partial charge on any atom is -0.372 e. The average Bonchev–Trinajstić information content (AvgIpc) is 2.96. The van der Waals surface area contributed by atoms with Gasteiger partial charge in [0.05, 0.1) is 11.1 Å². The van der Waals surface area contributed by atoms with Crippen molar-refractivity contribution in [2.45, 2.75) is 13.8 Å². The molecule has 1 heterocycles. The number of thioether (sulfide) groups is 1. The molecule has 1 aliphatic heterocycles. The predicted molar refractivity (Wildman–Crippen MR) is 127 cm³/mol. The van der Waals surface area contributed by atoms with Crippen molar-refractivity contribution in [3.63, 3.8) is 0 Å². The molecule has 28 heavy (non-hydrogen) atoms. The van der Waals surface area contributed by atoms with Gasteiger partial charge in [-0.3, -0.25) is 4.79 Å². The highest BCUT2D eigenvalue weighted by atomic mass is 79.9. The largest absolute Gasteiger partial charge is 0.372 e. The van der Waals surface area contributed by atoms with E-state index in [2.05, 4.69) is 51.9 Å². The molecule has 4 nitrogen and oxygen atoms in total. The molecule has 0 unspecified atom stereocenters. The minimum absolute atomic E-state index is 0.198. The number of halogens is 1. The van der Waals surface area contributed by atoms with Gasteiger partial charge in [0.1, 0.15) is 0 Å². The molecule has 2 aromatic carbocycles. The first kappa shape index (κ1) is 20.8. The lowest BCUT2D eigenvalue weighted by Crippen LogP contribution is -2.22. The van der Waals surface area contributed by atoms with E-state index in [1.165, 1.54) is 22.5 Å². The van der Waals surface area contributed by atoms with Crippen LogP contribution >= 0.6 is 39.9 Å². The van der Waals surface area contributed by atoms with Crippen molar-refractivity contribution in [2.75, 3.05) is 18.0 Å². The van der Waals surface area contributed by atoms with Gasteiger partial charge in [-0.25, -0.2) is 0 Å². The van der Waals surface area contributed by atoms with Crippen LogP contribution in [0, 0.1) is 0 Å². The molecule has 0 aromatic heterocycles. The second-order valence-corrected chi connectivity index (χ2v) is 8.64. The van der Waals surface area contributed by atoms with E-state index in [4.69, 9.17) is 12.2 Å². The number of carbonyl (C=O) groups excluding carboxylic acids is 1. The summed E-state index contributed by atoms with van der Waals surface area (Å²) in [6.07, 6.45) is 3.50. The van der Waals surface area contributed by atoms with Gasteiger partial charge in [0.2, 0.25) is 0 Å². The Morgan fingerprint density at radius 3 is 2.29 bits per heavy atom. The zero-order valence-electron chi connectivity index (χ0n) is 15.6. The molecule has 0 radical (unpaired) electrons. The van der Waals surface area contributed by atoms with Crippen LogP contribution in [0.3, 0.4) is 0 Å². The summed E-state index contributed by atoms with van der Waals surface area (Å²) in [4.78, 5) is 15.5. The second kappa shape index (κ2) is 9.49. The summed E-state index contributed by atoms with van der Waals surface area (Å²) in [6, 6.07) is 15.9. The minimum atomic E-state index is -0.198. The maximum absolute atomic E-state index is 12.7. The molecule has 1 saturated heterocycles. The maximum Gasteiger partial charge on any atom is 0.286 e. The first-order chi connectivity index (χ1) is 13.5. The number of hydrogen-bond acceptors (Lipinski definition) is 5. The van der Waals surface area contributed by atoms with Crippen molar-refractivity contribution in [3.8, 4) is 0 Å². The molecule has 0 saturated carbocycles. The standard InChI is InChI=1S/C21H20BrN3OS2/c1-3-24(4-2)18-11-7-15(8-12-18)13-19-20(26)25(21(27)28-19)23-14-16-5-9-17(22)10-6-16/h5-14H,3-4H2,1-2H3/b19-13+,23-14+. The number of hydrazone groups is 1. The van der Waals surface area contributed by atoms with E-state index in [1.54, 1.807) is 6.21 Å². The molecule has 0 bridgehead atoms. The molecular weight excluding hydrogens is 454 g/mol. The van der Waals surface area contributed by atoms with Crippen molar-refractivity contribution in [1.82, 2.24) is 5.01 Å². The van der Waals surface area contributed by atoms with Crippen molar-refractivity contribution in [1.29, 1.82) is 0 Å². The van der Waals surface area contributed by atoms with Crippen LogP contribution in [0.4, 0.5) is 5.69 Å². The molecule has 1 aliphatic rings. The van der Waals surface area contributed by atoms with Crippen LogP contribution in [0.25, 0.3) is 6.08 Å². The van der Waals surface area contributed by atoms with Gasteiger partial charge in [0.25, 0.3) is 5.91 Å². The Kier molecular flexibility index (Phi) is 7.04. The van der Waals surface area contributed by atoms with Crippen molar-refractivity contribution in [3.05, 3.63) is 69.0 Å². The van der Waals surface area contributed by atoms with E-state index in [-0.39, 0.29) is 5.91 Å². The fourth-order valence-electron chi connectivity index (χ4n) is 2.75. The highest BCUT2D eigenvalue weighted by Crippen LogP contribution is 2.33. The zero-order chi connectivity index (χ0) is 20.1. The number of anilines is 1. The van der Waals surface area contributed by atoms with Crippen LogP contribution in [-0.4, -0.2) is 34.5 Å². The van der Waals surface area contributed by atoms with Crippen LogP contribution in [-0.2, 0) is 4.79 Å². The van der Waals surface area contributed by atoms with Crippen molar-refractivity contribution in [2.24, 2.45) is 5.10 Å². The van der Waals surface area contributed by atoms with Gasteiger partial charge >= 0.3 is 0 Å². The van der Waals surface area contributed by atoms with Crippen molar-refractivity contribution >= 4 is 68.1 Å². The number of benzene rings is 2. The third-order valence-corrected chi connectivity index (χ3v) is 6.10. The normalized spacial score (nSPS) is 15.8. The van der Waals surface area contributed by atoms with Gasteiger partial charge in [-0.15, -0.1) is 0 Å². The second-order valence-electron chi connectivity index (χ2n) is 6.05. The summed E-state index contributed by atoms with van der Waals surface area (Å²) in [7, 11) is 0. The van der Waals surface area contributed by atoms with E-state index < -0.39 is 0 Å². The Balaban J connectivity index is 1.74. The Labute approximate surface area is 183 Å². The molecule has 2 aromatic rings. The van der Waals surface area contributed by atoms with Gasteiger partial charge in [0.15, 0.2) is 4.32 Å². The average molecular weight is 474 g/mol. The molecule has 1 fully saturated rings. The number of rotatable bonds is 6. The maximum atomic E-state index is 12.7. The SMILES string of the molecule is CCN(CC)c1ccc(/C=C2/SC(=S)N(/N=C/c3ccc(Br)cc3)C2=O)cc1. The van der Waals surface area contributed by atoms with Crippen LogP contribution in [0.2, 0.25) is 0 Å². The first-order valence-corrected chi connectivity index (χ1v) is 11.0. The lowest BCUT2D eigenvalue weighted by atomic mass is 10.1. The Morgan fingerprint density at radius 1 is 1.07 bits per heavy atom. The Hall–Kier alpha value is -1.96. The van der Waals surface area contributed by atoms with Gasteiger partial charge in [0, 0.05) is 23.2 Å². The summed E-state index contributed by atoms with van der Waals surface area (Å²) in [5, 5.41) is 5.55. The molecule has 0 N–H and O–H groups in total. The van der Waals surface area contributed by atoms with Crippen LogP contribution in [0.5, 0.6) is 0 Å². The molecule has 0 aliphatic carbocycles. The monoisotopic (exact) mass is 473 g/mol. The third kappa shape index (κ3) is 4.90. The summed E-state index contributed by atoms with van der Waals surface area (Å²) in [6.45, 7) is 6.20. The van der Waals surface area contributed by atoms with E-state index in [9.17, 15) is 4.79 Å². The lowest BCUT2D eigenvalue weighted by Gasteiger charge is -2.20. The lowest BCUT2D eigenvalue weighted by molar-refractivity contribution is -0.122. The third-order valence-electron chi connectivity index (χ3n) is 4.29. The smallest absolute Gasteiger partial charge is 0.286 e. The summed E-state index contributed by atoms with van der Waals surface area (Å²) in [5.74, 6) is -0.198. The number of nitrogens with zero attached hydrogens (tertiary/aromatic N) is 3. The van der Waals surface area contributed by atoms with Gasteiger partial charge in [-0.2, -0.15) is 10.1 Å². The molecule has 3 rings (SSSR count). The summed E-state index contributed by atoms with van der Waals surface area (Å²) >= 11 is 10.0. The summed E-state index contributed by atoms with van der Waals surface area (Å²) in [5.41, 5.74) is 3.04. The molecule has 7 heteroatoms. The van der Waals surface area contributed by atoms with E-state index >= 15 is 0 Å². The Morgan fingerprint density at radius 2 is 1.68 bits per heavy atom. The van der Waals surface area contributed by atoms with Gasteiger partial charge in [-0.1, -0.05) is 52.0 Å². The van der Waals surface area contributed by atoms with E-state index in [1.807, 2.05) is 42.5 Å². The predicted octanol–water partition coefficient (Wildman–Crippen LogP) is 5.53. The number of hydrogen-bond donors (Lipinski definition) is 0. The van der Waals surface area contributed by atoms with Crippen LogP contribution in [0.1, 0.15) is 25.0 Å². The summed E-state index contributed by atoms with van der Waals surface area (Å²) < 4.78 is 1.43. The first-order valence-electron chi connectivity index (χ1n) is 8.94. The topological polar surface area (TPSA) is 35.9 Å². The highest BCUT2D eigenvalue weighted by Gasteiger charge is 2.32. The van der Waals surface area contributed by atoms with Crippen LogP contribution < -0.4 is 4.90 Å². The van der Waals surface area contributed by atoms with Gasteiger partial charge in [-0.05, 0) is 67.5 Å². The number of amides is 1. The van der Waals surface area contributed by atoms with Crippen LogP contribution in [0.15, 0.2) is 63.0 Å². The molecule has 1 amide bonds. The number of carbonyl (C=O) groups is 1. The van der Waals surface area contributed by atoms with E-state index in [0.717, 1.165) is 28.7 Å².